The zero-order valence-corrected chi connectivity index (χ0v) is 12.1. The van der Waals surface area contributed by atoms with E-state index in [9.17, 15) is 0 Å². The average molecular weight is 279 g/mol. The lowest BCUT2D eigenvalue weighted by atomic mass is 9.89. The Labute approximate surface area is 116 Å². The highest BCUT2D eigenvalue weighted by Crippen LogP contribution is 2.39. The van der Waals surface area contributed by atoms with Gasteiger partial charge in [-0.2, -0.15) is 5.10 Å². The topological polar surface area (TPSA) is 33.6 Å². The van der Waals surface area contributed by atoms with E-state index in [1.54, 1.807) is 11.3 Å². The molecule has 1 aliphatic carbocycles. The lowest BCUT2D eigenvalue weighted by Gasteiger charge is -2.24. The van der Waals surface area contributed by atoms with E-state index in [0.717, 1.165) is 17.1 Å². The van der Waals surface area contributed by atoms with Crippen LogP contribution < -0.4 is 0 Å². The van der Waals surface area contributed by atoms with Crippen molar-refractivity contribution < 1.29 is 0 Å². The average Bonchev–Trinajstić information content (AvgIpc) is 3.03. The van der Waals surface area contributed by atoms with E-state index in [2.05, 4.69) is 39.2 Å². The van der Waals surface area contributed by atoms with Crippen LogP contribution in [0.15, 0.2) is 17.5 Å². The molecule has 1 fully saturated rings. The molecule has 0 atom stereocenters. The maximum Gasteiger partial charge on any atom is 0.195 e. The predicted octanol–water partition coefficient (Wildman–Crippen LogP) is 4.25. The largest absolute Gasteiger partial charge is 0.299 e. The van der Waals surface area contributed by atoms with Crippen LogP contribution in [0.5, 0.6) is 0 Å². The van der Waals surface area contributed by atoms with Gasteiger partial charge in [0.15, 0.2) is 10.6 Å². The Bertz CT molecular complexity index is 574. The summed E-state index contributed by atoms with van der Waals surface area (Å²) in [5.41, 5.74) is 0.383. The van der Waals surface area contributed by atoms with Gasteiger partial charge in [0.1, 0.15) is 0 Å². The minimum Gasteiger partial charge on any atom is -0.299 e. The fourth-order valence-corrected chi connectivity index (χ4v) is 3.75. The second-order valence-corrected chi connectivity index (χ2v) is 6.77. The van der Waals surface area contributed by atoms with E-state index in [-0.39, 0.29) is 0 Å². The molecule has 0 radical (unpaired) electrons. The summed E-state index contributed by atoms with van der Waals surface area (Å²) in [5, 5.41) is 9.40. The highest BCUT2D eigenvalue weighted by atomic mass is 32.1. The molecule has 18 heavy (non-hydrogen) atoms. The monoisotopic (exact) mass is 279 g/mol. The number of H-pyrrole nitrogens is 1. The SMILES string of the molecule is CC1(Cn2c(-c3cccs3)n[nH]c2=S)CCCC1. The number of nitrogens with one attached hydrogen (secondary N) is 1. The van der Waals surface area contributed by atoms with Gasteiger partial charge in [-0.1, -0.05) is 25.8 Å². The first kappa shape index (κ1) is 12.1. The molecule has 0 aromatic carbocycles. The van der Waals surface area contributed by atoms with E-state index in [1.165, 1.54) is 30.6 Å². The highest BCUT2D eigenvalue weighted by Gasteiger charge is 2.30. The van der Waals surface area contributed by atoms with E-state index in [1.807, 2.05) is 0 Å². The lowest BCUT2D eigenvalue weighted by Crippen LogP contribution is -2.20. The Balaban J connectivity index is 1.96. The van der Waals surface area contributed by atoms with E-state index in [4.69, 9.17) is 12.2 Å². The normalized spacial score (nSPS) is 18.3. The van der Waals surface area contributed by atoms with Gasteiger partial charge in [0, 0.05) is 6.54 Å². The Kier molecular flexibility index (Phi) is 3.11. The van der Waals surface area contributed by atoms with Crippen molar-refractivity contribution in [2.45, 2.75) is 39.2 Å². The number of nitrogens with zero attached hydrogens (tertiary/aromatic N) is 2. The number of aromatic amines is 1. The Morgan fingerprint density at radius 3 is 2.94 bits per heavy atom. The minimum absolute atomic E-state index is 0.383. The Hall–Kier alpha value is -0.940. The highest BCUT2D eigenvalue weighted by molar-refractivity contribution is 7.71. The van der Waals surface area contributed by atoms with Crippen LogP contribution >= 0.6 is 23.6 Å². The van der Waals surface area contributed by atoms with Crippen LogP contribution in [0.3, 0.4) is 0 Å². The maximum atomic E-state index is 5.38. The second-order valence-electron chi connectivity index (χ2n) is 5.43. The van der Waals surface area contributed by atoms with Crippen molar-refractivity contribution in [2.24, 2.45) is 5.41 Å². The molecule has 0 bridgehead atoms. The summed E-state index contributed by atoms with van der Waals surface area (Å²) >= 11 is 7.09. The van der Waals surface area contributed by atoms with Crippen molar-refractivity contribution in [1.29, 1.82) is 0 Å². The van der Waals surface area contributed by atoms with Gasteiger partial charge in [0.25, 0.3) is 0 Å². The summed E-state index contributed by atoms with van der Waals surface area (Å²) in [4.78, 5) is 1.18. The van der Waals surface area contributed by atoms with E-state index < -0.39 is 0 Å². The smallest absolute Gasteiger partial charge is 0.195 e. The van der Waals surface area contributed by atoms with Gasteiger partial charge in [0.2, 0.25) is 0 Å². The van der Waals surface area contributed by atoms with Gasteiger partial charge in [-0.05, 0) is 41.9 Å². The minimum atomic E-state index is 0.383. The van der Waals surface area contributed by atoms with Crippen LogP contribution in [0.2, 0.25) is 0 Å². The van der Waals surface area contributed by atoms with Crippen LogP contribution in [0, 0.1) is 10.2 Å². The summed E-state index contributed by atoms with van der Waals surface area (Å²) in [6.45, 7) is 3.35. The van der Waals surface area contributed by atoms with Gasteiger partial charge in [-0.15, -0.1) is 11.3 Å². The Morgan fingerprint density at radius 1 is 1.50 bits per heavy atom. The van der Waals surface area contributed by atoms with Crippen molar-refractivity contribution in [3.63, 3.8) is 0 Å². The second kappa shape index (κ2) is 4.63. The van der Waals surface area contributed by atoms with Crippen LogP contribution in [0.1, 0.15) is 32.6 Å². The zero-order chi connectivity index (χ0) is 12.6. The van der Waals surface area contributed by atoms with Crippen molar-refractivity contribution in [3.05, 3.63) is 22.3 Å². The molecule has 5 heteroatoms. The molecular weight excluding hydrogens is 262 g/mol. The molecule has 0 unspecified atom stereocenters. The van der Waals surface area contributed by atoms with Crippen molar-refractivity contribution in [3.8, 4) is 10.7 Å². The summed E-state index contributed by atoms with van der Waals surface area (Å²) in [6.07, 6.45) is 5.28. The van der Waals surface area contributed by atoms with Crippen LogP contribution in [-0.4, -0.2) is 14.8 Å². The number of rotatable bonds is 3. The number of thiophene rings is 1. The molecule has 3 rings (SSSR count). The lowest BCUT2D eigenvalue weighted by molar-refractivity contribution is 0.281. The summed E-state index contributed by atoms with van der Waals surface area (Å²) in [7, 11) is 0. The van der Waals surface area contributed by atoms with Crippen molar-refractivity contribution >= 4 is 23.6 Å². The first-order chi connectivity index (χ1) is 8.68. The van der Waals surface area contributed by atoms with Crippen LogP contribution in [0.4, 0.5) is 0 Å². The summed E-state index contributed by atoms with van der Waals surface area (Å²) in [5.74, 6) is 0.989. The quantitative estimate of drug-likeness (QED) is 0.852. The first-order valence-corrected chi connectivity index (χ1v) is 7.66. The predicted molar refractivity (Wildman–Crippen MR) is 77.3 cm³/mol. The number of aromatic nitrogens is 3. The van der Waals surface area contributed by atoms with Gasteiger partial charge in [-0.25, -0.2) is 0 Å². The molecule has 0 amide bonds. The molecular formula is C13H17N3S2. The standard InChI is InChI=1S/C13H17N3S2/c1-13(6-2-3-7-13)9-16-11(14-15-12(16)17)10-5-4-8-18-10/h4-5,8H,2-3,6-7,9H2,1H3,(H,15,17). The summed E-state index contributed by atoms with van der Waals surface area (Å²) in [6, 6.07) is 4.16. The van der Waals surface area contributed by atoms with Gasteiger partial charge < -0.3 is 0 Å². The molecule has 1 N–H and O–H groups in total. The number of hydrogen-bond donors (Lipinski definition) is 1. The first-order valence-electron chi connectivity index (χ1n) is 6.37. The Morgan fingerprint density at radius 2 is 2.28 bits per heavy atom. The molecule has 0 aliphatic heterocycles. The molecule has 0 saturated heterocycles. The molecule has 2 aromatic rings. The molecule has 1 aliphatic rings. The van der Waals surface area contributed by atoms with E-state index >= 15 is 0 Å². The van der Waals surface area contributed by atoms with Crippen LogP contribution in [-0.2, 0) is 6.54 Å². The molecule has 0 spiro atoms. The van der Waals surface area contributed by atoms with Crippen molar-refractivity contribution in [1.82, 2.24) is 14.8 Å². The van der Waals surface area contributed by atoms with Gasteiger partial charge >= 0.3 is 0 Å². The third-order valence-electron chi connectivity index (χ3n) is 3.85. The number of hydrogen-bond acceptors (Lipinski definition) is 3. The molecule has 3 nitrogen and oxygen atoms in total. The van der Waals surface area contributed by atoms with Crippen LogP contribution in [0.25, 0.3) is 10.7 Å². The molecule has 2 aromatic heterocycles. The zero-order valence-electron chi connectivity index (χ0n) is 10.5. The van der Waals surface area contributed by atoms with E-state index in [0.29, 0.717) is 5.41 Å². The maximum absolute atomic E-state index is 5.38. The molecule has 2 heterocycles. The fraction of sp³-hybridized carbons (Fsp3) is 0.538. The fourth-order valence-electron chi connectivity index (χ4n) is 2.83. The van der Waals surface area contributed by atoms with Gasteiger partial charge in [-0.3, -0.25) is 9.67 Å². The third-order valence-corrected chi connectivity index (χ3v) is 5.03. The summed E-state index contributed by atoms with van der Waals surface area (Å²) < 4.78 is 2.92. The molecule has 96 valence electrons. The third kappa shape index (κ3) is 2.17. The van der Waals surface area contributed by atoms with Gasteiger partial charge in [0.05, 0.1) is 4.88 Å². The van der Waals surface area contributed by atoms with Crippen molar-refractivity contribution in [2.75, 3.05) is 0 Å². The molecule has 1 saturated carbocycles.